The highest BCUT2D eigenvalue weighted by atomic mass is 79.9. The summed E-state index contributed by atoms with van der Waals surface area (Å²) in [5.41, 5.74) is 2.64. The summed E-state index contributed by atoms with van der Waals surface area (Å²) in [5, 5.41) is 6.03. The molecule has 0 unspecified atom stereocenters. The second-order valence-electron chi connectivity index (χ2n) is 4.25. The van der Waals surface area contributed by atoms with Crippen molar-refractivity contribution in [1.29, 1.82) is 0 Å². The molecule has 0 aliphatic carbocycles. The second kappa shape index (κ2) is 6.74. The van der Waals surface area contributed by atoms with E-state index in [1.54, 1.807) is 18.4 Å². The van der Waals surface area contributed by atoms with Crippen LogP contribution in [0.4, 0.5) is 5.69 Å². The number of halogens is 2. The molecule has 20 heavy (non-hydrogen) atoms. The summed E-state index contributed by atoms with van der Waals surface area (Å²) < 4.78 is 2.15. The molecule has 3 nitrogen and oxygen atoms in total. The predicted molar refractivity (Wildman–Crippen MR) is 91.6 cm³/mol. The summed E-state index contributed by atoms with van der Waals surface area (Å²) in [7, 11) is 1.64. The van der Waals surface area contributed by atoms with Crippen LogP contribution in [-0.4, -0.2) is 13.0 Å². The van der Waals surface area contributed by atoms with Crippen LogP contribution in [0.5, 0.6) is 0 Å². The molecular weight excluding hydrogens is 404 g/mol. The molecular formula is C14H14Br2N2OS. The van der Waals surface area contributed by atoms with Crippen molar-refractivity contribution in [2.24, 2.45) is 0 Å². The van der Waals surface area contributed by atoms with Gasteiger partial charge in [-0.15, -0.1) is 11.3 Å². The van der Waals surface area contributed by atoms with Crippen LogP contribution in [0.15, 0.2) is 32.5 Å². The molecule has 0 atom stereocenters. The van der Waals surface area contributed by atoms with Gasteiger partial charge in [0.1, 0.15) is 0 Å². The molecule has 0 saturated carbocycles. The Labute approximate surface area is 139 Å². The van der Waals surface area contributed by atoms with Gasteiger partial charge in [-0.3, -0.25) is 4.79 Å². The van der Waals surface area contributed by atoms with Crippen molar-refractivity contribution in [1.82, 2.24) is 5.32 Å². The first kappa shape index (κ1) is 15.5. The number of nitrogens with one attached hydrogen (secondary N) is 2. The number of benzene rings is 1. The van der Waals surface area contributed by atoms with Crippen LogP contribution in [-0.2, 0) is 6.54 Å². The van der Waals surface area contributed by atoms with Crippen molar-refractivity contribution in [3.05, 3.63) is 48.5 Å². The van der Waals surface area contributed by atoms with Crippen LogP contribution < -0.4 is 10.6 Å². The highest BCUT2D eigenvalue weighted by Gasteiger charge is 2.10. The van der Waals surface area contributed by atoms with Crippen molar-refractivity contribution in [2.75, 3.05) is 12.4 Å². The Morgan fingerprint density at radius 1 is 1.35 bits per heavy atom. The first-order valence-electron chi connectivity index (χ1n) is 6.02. The molecule has 0 saturated heterocycles. The zero-order valence-electron chi connectivity index (χ0n) is 11.1. The number of amides is 1. The highest BCUT2D eigenvalue weighted by Crippen LogP contribution is 2.33. The van der Waals surface area contributed by atoms with Gasteiger partial charge in [-0.1, -0.05) is 6.07 Å². The van der Waals surface area contributed by atoms with Crippen LogP contribution in [0.1, 0.15) is 20.8 Å². The lowest BCUT2D eigenvalue weighted by Crippen LogP contribution is -2.19. The van der Waals surface area contributed by atoms with Gasteiger partial charge in [0, 0.05) is 34.2 Å². The molecule has 0 bridgehead atoms. The minimum Gasteiger partial charge on any atom is -0.380 e. The average molecular weight is 418 g/mol. The third-order valence-electron chi connectivity index (χ3n) is 2.95. The number of carbonyl (C=O) groups excluding carboxylic acids is 1. The number of anilines is 1. The van der Waals surface area contributed by atoms with Gasteiger partial charge < -0.3 is 10.6 Å². The largest absolute Gasteiger partial charge is 0.380 e. The van der Waals surface area contributed by atoms with Crippen LogP contribution in [0.25, 0.3) is 0 Å². The highest BCUT2D eigenvalue weighted by molar-refractivity contribution is 9.13. The molecule has 6 heteroatoms. The Morgan fingerprint density at radius 2 is 2.10 bits per heavy atom. The Bertz CT molecular complexity index is 621. The van der Waals surface area contributed by atoms with E-state index in [-0.39, 0.29) is 5.91 Å². The van der Waals surface area contributed by atoms with E-state index < -0.39 is 0 Å². The van der Waals surface area contributed by atoms with E-state index in [1.165, 1.54) is 4.88 Å². The van der Waals surface area contributed by atoms with E-state index in [2.05, 4.69) is 48.6 Å². The molecule has 1 aromatic heterocycles. The van der Waals surface area contributed by atoms with E-state index in [0.29, 0.717) is 5.56 Å². The fraction of sp³-hybridized carbons (Fsp3) is 0.214. The van der Waals surface area contributed by atoms with E-state index in [9.17, 15) is 4.79 Å². The zero-order chi connectivity index (χ0) is 14.7. The third kappa shape index (κ3) is 3.42. The minimum absolute atomic E-state index is 0.0623. The number of rotatable bonds is 4. The number of hydrogen-bond acceptors (Lipinski definition) is 3. The molecule has 1 amide bonds. The van der Waals surface area contributed by atoms with Gasteiger partial charge >= 0.3 is 0 Å². The molecule has 0 fully saturated rings. The van der Waals surface area contributed by atoms with Gasteiger partial charge in [0.2, 0.25) is 0 Å². The maximum absolute atomic E-state index is 11.8. The SMILES string of the molecule is CNC(=O)c1cccc(NCc2cc(Br)c(Br)s2)c1C. The summed E-state index contributed by atoms with van der Waals surface area (Å²) in [4.78, 5) is 13.0. The maximum Gasteiger partial charge on any atom is 0.251 e. The van der Waals surface area contributed by atoms with Crippen molar-refractivity contribution in [3.63, 3.8) is 0 Å². The zero-order valence-corrected chi connectivity index (χ0v) is 15.1. The van der Waals surface area contributed by atoms with Gasteiger partial charge in [-0.05, 0) is 62.5 Å². The van der Waals surface area contributed by atoms with Gasteiger partial charge in [-0.25, -0.2) is 0 Å². The molecule has 2 rings (SSSR count). The van der Waals surface area contributed by atoms with E-state index in [1.807, 2.05) is 25.1 Å². The Kier molecular flexibility index (Phi) is 5.23. The normalized spacial score (nSPS) is 10.4. The van der Waals surface area contributed by atoms with Crippen LogP contribution in [0.2, 0.25) is 0 Å². The number of hydrogen-bond donors (Lipinski definition) is 2. The molecule has 0 aliphatic heterocycles. The van der Waals surface area contributed by atoms with E-state index in [4.69, 9.17) is 0 Å². The molecule has 0 radical (unpaired) electrons. The summed E-state index contributed by atoms with van der Waals surface area (Å²) in [5.74, 6) is -0.0623. The lowest BCUT2D eigenvalue weighted by atomic mass is 10.1. The van der Waals surface area contributed by atoms with Crippen molar-refractivity contribution < 1.29 is 4.79 Å². The summed E-state index contributed by atoms with van der Waals surface area (Å²) in [6, 6.07) is 7.79. The lowest BCUT2D eigenvalue weighted by molar-refractivity contribution is 0.0962. The second-order valence-corrected chi connectivity index (χ2v) is 7.55. The molecule has 0 spiro atoms. The monoisotopic (exact) mass is 416 g/mol. The standard InChI is InChI=1S/C14H14Br2N2OS/c1-8-10(14(19)17-2)4-3-5-12(8)18-7-9-6-11(15)13(16)20-9/h3-6,18H,7H2,1-2H3,(H,17,19). The number of thiophene rings is 1. The summed E-state index contributed by atoms with van der Waals surface area (Å²) in [6.07, 6.45) is 0. The molecule has 1 heterocycles. The van der Waals surface area contributed by atoms with Crippen LogP contribution >= 0.6 is 43.2 Å². The van der Waals surface area contributed by atoms with Gasteiger partial charge in [-0.2, -0.15) is 0 Å². The Hall–Kier alpha value is -0.850. The quantitative estimate of drug-likeness (QED) is 0.765. The first-order valence-corrected chi connectivity index (χ1v) is 8.42. The fourth-order valence-corrected chi connectivity index (χ4v) is 3.99. The summed E-state index contributed by atoms with van der Waals surface area (Å²) in [6.45, 7) is 2.68. The fourth-order valence-electron chi connectivity index (χ4n) is 1.87. The molecule has 2 N–H and O–H groups in total. The smallest absolute Gasteiger partial charge is 0.251 e. The Balaban J connectivity index is 2.15. The maximum atomic E-state index is 11.8. The van der Waals surface area contributed by atoms with Crippen molar-refractivity contribution in [2.45, 2.75) is 13.5 Å². The molecule has 2 aromatic rings. The Morgan fingerprint density at radius 3 is 2.70 bits per heavy atom. The van der Waals surface area contributed by atoms with Gasteiger partial charge in [0.25, 0.3) is 5.91 Å². The number of carbonyl (C=O) groups is 1. The third-order valence-corrected chi connectivity index (χ3v) is 6.21. The minimum atomic E-state index is -0.0623. The van der Waals surface area contributed by atoms with Crippen LogP contribution in [0.3, 0.4) is 0 Å². The van der Waals surface area contributed by atoms with Gasteiger partial charge in [0.15, 0.2) is 0 Å². The van der Waals surface area contributed by atoms with Crippen molar-refractivity contribution >= 4 is 54.8 Å². The van der Waals surface area contributed by atoms with Gasteiger partial charge in [0.05, 0.1) is 3.79 Å². The van der Waals surface area contributed by atoms with E-state index in [0.717, 1.165) is 26.1 Å². The van der Waals surface area contributed by atoms with E-state index >= 15 is 0 Å². The topological polar surface area (TPSA) is 41.1 Å². The molecule has 106 valence electrons. The van der Waals surface area contributed by atoms with Crippen molar-refractivity contribution in [3.8, 4) is 0 Å². The molecule has 1 aromatic carbocycles. The average Bonchev–Trinajstić information content (AvgIpc) is 2.76. The predicted octanol–water partition coefficient (Wildman–Crippen LogP) is 4.55. The summed E-state index contributed by atoms with van der Waals surface area (Å²) >= 11 is 8.65. The lowest BCUT2D eigenvalue weighted by Gasteiger charge is -2.12. The van der Waals surface area contributed by atoms with Crippen LogP contribution in [0, 0.1) is 6.92 Å². The molecule has 0 aliphatic rings. The first-order chi connectivity index (χ1) is 9.52.